The van der Waals surface area contributed by atoms with E-state index in [0.717, 1.165) is 5.54 Å². The summed E-state index contributed by atoms with van der Waals surface area (Å²) in [6.07, 6.45) is 7.73. The number of hydrogen-bond acceptors (Lipinski definition) is 1. The van der Waals surface area contributed by atoms with Crippen molar-refractivity contribution in [1.29, 1.82) is 0 Å². The minimum absolute atomic E-state index is 0.821. The van der Waals surface area contributed by atoms with Crippen LogP contribution < -0.4 is 0 Å². The summed E-state index contributed by atoms with van der Waals surface area (Å²) in [6, 6.07) is 0. The third-order valence-electron chi connectivity index (χ3n) is 3.13. The lowest BCUT2D eigenvalue weighted by molar-refractivity contribution is 0.396. The van der Waals surface area contributed by atoms with Crippen molar-refractivity contribution in [3.8, 4) is 0 Å². The fourth-order valence-electron chi connectivity index (χ4n) is 2.22. The quantitative estimate of drug-likeness (QED) is 0.645. The fourth-order valence-corrected chi connectivity index (χ4v) is 4.93. The maximum atomic E-state index is 6.21. The van der Waals surface area contributed by atoms with Gasteiger partial charge in [0.25, 0.3) is 0 Å². The molecule has 0 aliphatic heterocycles. The third-order valence-corrected chi connectivity index (χ3v) is 6.68. The van der Waals surface area contributed by atoms with Crippen LogP contribution in [-0.2, 0) is 4.43 Å². The van der Waals surface area contributed by atoms with Crippen molar-refractivity contribution in [2.24, 2.45) is 0 Å². The molecule has 0 saturated heterocycles. The molecule has 1 unspecified atom stereocenters. The summed E-state index contributed by atoms with van der Waals surface area (Å²) in [5.74, 6) is 1.31. The molecule has 16 heavy (non-hydrogen) atoms. The van der Waals surface area contributed by atoms with Gasteiger partial charge < -0.3 is 4.43 Å². The van der Waals surface area contributed by atoms with Crippen LogP contribution >= 0.6 is 0 Å². The molecule has 0 N–H and O–H groups in total. The van der Waals surface area contributed by atoms with E-state index < -0.39 is 16.4 Å². The number of hydrogen-bond donors (Lipinski definition) is 0. The molecule has 0 heterocycles. The molecule has 3 heteroatoms. The Labute approximate surface area is 103 Å². The molecular weight excluding hydrogens is 228 g/mol. The molecule has 0 aromatic rings. The average molecular weight is 257 g/mol. The Hall–Kier alpha value is -0.0262. The first-order valence-electron chi connectivity index (χ1n) is 6.58. The zero-order chi connectivity index (χ0) is 12.4. The molecule has 1 rings (SSSR count). The van der Waals surface area contributed by atoms with Crippen LogP contribution in [0.5, 0.6) is 0 Å². The maximum absolute atomic E-state index is 6.21. The van der Waals surface area contributed by atoms with Crippen LogP contribution in [0.2, 0.25) is 44.8 Å². The van der Waals surface area contributed by atoms with E-state index in [0.29, 0.717) is 0 Å². The van der Waals surface area contributed by atoms with Gasteiger partial charge >= 0.3 is 0 Å². The van der Waals surface area contributed by atoms with E-state index in [4.69, 9.17) is 4.43 Å². The van der Waals surface area contributed by atoms with Crippen LogP contribution in [0.1, 0.15) is 25.7 Å². The second-order valence-electron chi connectivity index (χ2n) is 7.07. The lowest BCUT2D eigenvalue weighted by Crippen LogP contribution is -2.28. The summed E-state index contributed by atoms with van der Waals surface area (Å²) in [7, 11) is -2.46. The van der Waals surface area contributed by atoms with Crippen molar-refractivity contribution in [2.75, 3.05) is 0 Å². The van der Waals surface area contributed by atoms with E-state index >= 15 is 0 Å². The standard InChI is InChI=1S/C13H28OSi2/c1-15(2,3)13-10-8-7-9-12(11-13)14-16(4,5)6/h11,13H,7-10H2,1-6H3. The van der Waals surface area contributed by atoms with Gasteiger partial charge in [0.2, 0.25) is 8.32 Å². The third kappa shape index (κ3) is 4.87. The molecule has 0 radical (unpaired) electrons. The minimum atomic E-state index is -1.41. The van der Waals surface area contributed by atoms with Gasteiger partial charge in [0.05, 0.1) is 13.8 Å². The Morgan fingerprint density at radius 2 is 1.69 bits per heavy atom. The molecule has 0 spiro atoms. The zero-order valence-corrected chi connectivity index (χ0v) is 13.9. The van der Waals surface area contributed by atoms with Crippen molar-refractivity contribution in [3.63, 3.8) is 0 Å². The summed E-state index contributed by atoms with van der Waals surface area (Å²) in [6.45, 7) is 14.3. The predicted molar refractivity (Wildman–Crippen MR) is 78.1 cm³/mol. The first-order chi connectivity index (χ1) is 7.18. The van der Waals surface area contributed by atoms with E-state index in [1.165, 1.54) is 31.4 Å². The van der Waals surface area contributed by atoms with E-state index in [-0.39, 0.29) is 0 Å². The van der Waals surface area contributed by atoms with E-state index in [1.54, 1.807) is 0 Å². The number of allylic oxidation sites excluding steroid dienone is 2. The number of rotatable bonds is 3. The molecule has 1 aliphatic carbocycles. The Kier molecular flexibility index (Phi) is 4.46. The summed E-state index contributed by atoms with van der Waals surface area (Å²) in [4.78, 5) is 0. The largest absolute Gasteiger partial charge is 0.548 e. The van der Waals surface area contributed by atoms with Crippen LogP contribution in [0.4, 0.5) is 0 Å². The van der Waals surface area contributed by atoms with Crippen molar-refractivity contribution >= 4 is 16.4 Å². The van der Waals surface area contributed by atoms with Crippen molar-refractivity contribution in [2.45, 2.75) is 70.5 Å². The van der Waals surface area contributed by atoms with E-state index in [2.05, 4.69) is 45.4 Å². The van der Waals surface area contributed by atoms with Crippen LogP contribution in [0, 0.1) is 0 Å². The highest BCUT2D eigenvalue weighted by atomic mass is 28.4. The second-order valence-corrected chi connectivity index (χ2v) is 17.0. The molecule has 0 amide bonds. The topological polar surface area (TPSA) is 9.23 Å². The minimum Gasteiger partial charge on any atom is -0.548 e. The van der Waals surface area contributed by atoms with Crippen molar-refractivity contribution in [1.82, 2.24) is 0 Å². The Morgan fingerprint density at radius 3 is 2.19 bits per heavy atom. The van der Waals surface area contributed by atoms with Gasteiger partial charge in [0.15, 0.2) is 0 Å². The lowest BCUT2D eigenvalue weighted by atomic mass is 10.2. The van der Waals surface area contributed by atoms with Crippen LogP contribution in [0.15, 0.2) is 11.8 Å². The monoisotopic (exact) mass is 256 g/mol. The highest BCUT2D eigenvalue weighted by molar-refractivity contribution is 6.78. The Balaban J connectivity index is 2.77. The van der Waals surface area contributed by atoms with E-state index in [1.807, 2.05) is 0 Å². The molecule has 1 atom stereocenters. The van der Waals surface area contributed by atoms with Gasteiger partial charge in [-0.3, -0.25) is 0 Å². The van der Waals surface area contributed by atoms with Gasteiger partial charge in [-0.15, -0.1) is 0 Å². The summed E-state index contributed by atoms with van der Waals surface area (Å²) < 4.78 is 6.21. The second kappa shape index (κ2) is 5.09. The highest BCUT2D eigenvalue weighted by Gasteiger charge is 2.28. The normalized spacial score (nSPS) is 23.6. The summed E-state index contributed by atoms with van der Waals surface area (Å²) in [5, 5.41) is 0. The maximum Gasteiger partial charge on any atom is 0.241 e. The van der Waals surface area contributed by atoms with Crippen molar-refractivity contribution in [3.05, 3.63) is 11.8 Å². The smallest absolute Gasteiger partial charge is 0.241 e. The molecule has 0 saturated carbocycles. The highest BCUT2D eigenvalue weighted by Crippen LogP contribution is 2.35. The van der Waals surface area contributed by atoms with Crippen LogP contribution in [0.3, 0.4) is 0 Å². The van der Waals surface area contributed by atoms with Crippen LogP contribution in [-0.4, -0.2) is 16.4 Å². The van der Waals surface area contributed by atoms with Crippen molar-refractivity contribution < 1.29 is 4.43 Å². The molecule has 0 aromatic carbocycles. The van der Waals surface area contributed by atoms with Gasteiger partial charge in [-0.05, 0) is 44.1 Å². The van der Waals surface area contributed by atoms with Gasteiger partial charge in [-0.1, -0.05) is 26.1 Å². The molecule has 1 aliphatic rings. The summed E-state index contributed by atoms with van der Waals surface area (Å²) in [5.41, 5.74) is 0.821. The molecular formula is C13H28OSi2. The molecule has 94 valence electrons. The van der Waals surface area contributed by atoms with Gasteiger partial charge in [0.1, 0.15) is 0 Å². The molecule has 0 bridgehead atoms. The fraction of sp³-hybridized carbons (Fsp3) is 0.846. The first-order valence-corrected chi connectivity index (χ1v) is 13.6. The Morgan fingerprint density at radius 1 is 1.06 bits per heavy atom. The Bertz CT molecular complexity index is 258. The van der Waals surface area contributed by atoms with Gasteiger partial charge in [0, 0.05) is 6.42 Å². The molecule has 0 aromatic heterocycles. The zero-order valence-electron chi connectivity index (χ0n) is 11.9. The lowest BCUT2D eigenvalue weighted by Gasteiger charge is -2.27. The first kappa shape index (κ1) is 14.0. The predicted octanol–water partition coefficient (Wildman–Crippen LogP) is 5.00. The molecule has 1 nitrogen and oxygen atoms in total. The summed E-state index contributed by atoms with van der Waals surface area (Å²) >= 11 is 0. The SMILES string of the molecule is C[Si](C)(C)OC1=CC([Si](C)(C)C)CCCC1. The molecule has 0 fully saturated rings. The van der Waals surface area contributed by atoms with Gasteiger partial charge in [-0.2, -0.15) is 0 Å². The van der Waals surface area contributed by atoms with Gasteiger partial charge in [-0.25, -0.2) is 0 Å². The van der Waals surface area contributed by atoms with Crippen LogP contribution in [0.25, 0.3) is 0 Å². The van der Waals surface area contributed by atoms with E-state index in [9.17, 15) is 0 Å². The average Bonchev–Trinajstić information content (AvgIpc) is 2.25.